The first kappa shape index (κ1) is 23.0. The number of nitrogens with one attached hydrogen (secondary N) is 1. The van der Waals surface area contributed by atoms with E-state index in [4.69, 9.17) is 11.6 Å². The van der Waals surface area contributed by atoms with Crippen LogP contribution in [0.2, 0.25) is 5.02 Å². The molecule has 174 valence electrons. The lowest BCUT2D eigenvalue weighted by Crippen LogP contribution is -2.51. The first-order chi connectivity index (χ1) is 15.7. The molecule has 1 amide bonds. The number of anilines is 1. The van der Waals surface area contributed by atoms with Crippen molar-refractivity contribution in [1.82, 2.24) is 30.1 Å². The van der Waals surface area contributed by atoms with Crippen LogP contribution in [0.25, 0.3) is 5.69 Å². The molecule has 1 aliphatic rings. The van der Waals surface area contributed by atoms with E-state index in [-0.39, 0.29) is 23.7 Å². The predicted molar refractivity (Wildman–Crippen MR) is 115 cm³/mol. The molecule has 0 unspecified atom stereocenters. The number of benzene rings is 1. The fourth-order valence-electron chi connectivity index (χ4n) is 3.95. The van der Waals surface area contributed by atoms with E-state index in [1.807, 2.05) is 6.92 Å². The minimum atomic E-state index is -4.55. The molecule has 0 bridgehead atoms. The number of hydrogen-bond donors (Lipinski definition) is 1. The highest BCUT2D eigenvalue weighted by molar-refractivity contribution is 6.31. The van der Waals surface area contributed by atoms with Gasteiger partial charge in [-0.25, -0.2) is 0 Å². The summed E-state index contributed by atoms with van der Waals surface area (Å²) >= 11 is 6.18. The standard InChI is InChI=1S/C21H21ClF3N7O/c1-13-3-2-10-31(17(13)12-26-19-7-6-18(29-30-19)21(23,24)25)20(33)15-11-14(22)4-5-16(15)32-27-8-9-28-32/h4-9,11,13,17H,2-3,10,12H2,1H3,(H,26,30)/t13-,17-/m1/s1. The van der Waals surface area contributed by atoms with Crippen molar-refractivity contribution in [1.29, 1.82) is 0 Å². The number of likely N-dealkylation sites (tertiary alicyclic amines) is 1. The number of hydrogen-bond acceptors (Lipinski definition) is 6. The van der Waals surface area contributed by atoms with Gasteiger partial charge >= 0.3 is 6.18 Å². The largest absolute Gasteiger partial charge is 0.435 e. The van der Waals surface area contributed by atoms with E-state index < -0.39 is 11.9 Å². The van der Waals surface area contributed by atoms with Gasteiger partial charge in [0.15, 0.2) is 5.69 Å². The number of rotatable bonds is 5. The van der Waals surface area contributed by atoms with E-state index in [1.54, 1.807) is 23.1 Å². The van der Waals surface area contributed by atoms with Gasteiger partial charge in [0.05, 0.1) is 29.7 Å². The summed E-state index contributed by atoms with van der Waals surface area (Å²) in [7, 11) is 0. The zero-order valence-corrected chi connectivity index (χ0v) is 18.4. The Morgan fingerprint density at radius 2 is 1.94 bits per heavy atom. The summed E-state index contributed by atoms with van der Waals surface area (Å²) in [6.07, 6.45) is 0.232. The molecule has 2 aromatic heterocycles. The lowest BCUT2D eigenvalue weighted by atomic mass is 9.90. The maximum Gasteiger partial charge on any atom is 0.435 e. The van der Waals surface area contributed by atoms with Crippen LogP contribution in [0.4, 0.5) is 19.0 Å². The van der Waals surface area contributed by atoms with Gasteiger partial charge in [-0.15, -0.1) is 10.2 Å². The van der Waals surface area contributed by atoms with Crippen LogP contribution in [-0.2, 0) is 6.18 Å². The third kappa shape index (κ3) is 5.08. The van der Waals surface area contributed by atoms with Gasteiger partial charge in [0.2, 0.25) is 0 Å². The quantitative estimate of drug-likeness (QED) is 0.593. The molecule has 1 N–H and O–H groups in total. The molecule has 0 spiro atoms. The monoisotopic (exact) mass is 479 g/mol. The molecular formula is C21H21ClF3N7O. The Morgan fingerprint density at radius 1 is 1.18 bits per heavy atom. The molecule has 3 aromatic rings. The van der Waals surface area contributed by atoms with Gasteiger partial charge < -0.3 is 10.2 Å². The van der Waals surface area contributed by atoms with Gasteiger partial charge in [-0.2, -0.15) is 28.2 Å². The summed E-state index contributed by atoms with van der Waals surface area (Å²) in [5, 5.41) is 18.5. The SMILES string of the molecule is C[C@@H]1CCCN(C(=O)c2cc(Cl)ccc2-n2nccn2)[C@@H]1CNc1ccc(C(F)(F)F)nn1. The first-order valence-electron chi connectivity index (χ1n) is 10.4. The number of piperidine rings is 1. The summed E-state index contributed by atoms with van der Waals surface area (Å²) in [6.45, 7) is 2.88. The Morgan fingerprint density at radius 3 is 2.61 bits per heavy atom. The summed E-state index contributed by atoms with van der Waals surface area (Å²) in [5.74, 6) is 0.141. The molecule has 0 radical (unpaired) electrons. The number of nitrogens with zero attached hydrogens (tertiary/aromatic N) is 6. The van der Waals surface area contributed by atoms with E-state index in [9.17, 15) is 18.0 Å². The molecule has 0 saturated carbocycles. The molecular weight excluding hydrogens is 459 g/mol. The molecule has 2 atom stereocenters. The third-order valence-electron chi connectivity index (χ3n) is 5.65. The van der Waals surface area contributed by atoms with Gasteiger partial charge in [-0.3, -0.25) is 4.79 Å². The summed E-state index contributed by atoms with van der Waals surface area (Å²) in [4.78, 5) is 16.7. The minimum Gasteiger partial charge on any atom is -0.367 e. The van der Waals surface area contributed by atoms with Crippen molar-refractivity contribution in [3.8, 4) is 5.69 Å². The van der Waals surface area contributed by atoms with Crippen molar-refractivity contribution in [2.24, 2.45) is 5.92 Å². The maximum absolute atomic E-state index is 13.6. The van der Waals surface area contributed by atoms with Crippen molar-refractivity contribution in [3.05, 3.63) is 59.0 Å². The molecule has 0 aliphatic carbocycles. The Bertz CT molecular complexity index is 1110. The first-order valence-corrected chi connectivity index (χ1v) is 10.7. The van der Waals surface area contributed by atoms with E-state index in [0.717, 1.165) is 18.9 Å². The second-order valence-corrected chi connectivity index (χ2v) is 8.28. The van der Waals surface area contributed by atoms with Crippen LogP contribution in [0.3, 0.4) is 0 Å². The van der Waals surface area contributed by atoms with Crippen molar-refractivity contribution in [3.63, 3.8) is 0 Å². The minimum absolute atomic E-state index is 0.156. The number of carbonyl (C=O) groups excluding carboxylic acids is 1. The number of amides is 1. The van der Waals surface area contributed by atoms with Crippen molar-refractivity contribution in [2.75, 3.05) is 18.4 Å². The highest BCUT2D eigenvalue weighted by Gasteiger charge is 2.35. The van der Waals surface area contributed by atoms with Crippen LogP contribution in [0.1, 0.15) is 35.8 Å². The van der Waals surface area contributed by atoms with E-state index in [1.165, 1.54) is 23.3 Å². The van der Waals surface area contributed by atoms with E-state index >= 15 is 0 Å². The van der Waals surface area contributed by atoms with Gasteiger partial charge in [0, 0.05) is 18.1 Å². The van der Waals surface area contributed by atoms with Crippen molar-refractivity contribution >= 4 is 23.3 Å². The lowest BCUT2D eigenvalue weighted by Gasteiger charge is -2.40. The number of carbonyl (C=O) groups is 1. The molecule has 8 nitrogen and oxygen atoms in total. The summed E-state index contributed by atoms with van der Waals surface area (Å²) in [6, 6.07) is 6.83. The molecule has 12 heteroatoms. The smallest absolute Gasteiger partial charge is 0.367 e. The zero-order valence-electron chi connectivity index (χ0n) is 17.6. The Hall–Kier alpha value is -3.21. The predicted octanol–water partition coefficient (Wildman–Crippen LogP) is 4.08. The second kappa shape index (κ2) is 9.34. The molecule has 1 aliphatic heterocycles. The third-order valence-corrected chi connectivity index (χ3v) is 5.88. The van der Waals surface area contributed by atoms with E-state index in [0.29, 0.717) is 29.4 Å². The molecule has 3 heterocycles. The van der Waals surface area contributed by atoms with Crippen LogP contribution in [0, 0.1) is 5.92 Å². The summed E-state index contributed by atoms with van der Waals surface area (Å²) < 4.78 is 38.2. The van der Waals surface area contributed by atoms with Gasteiger partial charge in [0.25, 0.3) is 5.91 Å². The normalized spacial score (nSPS) is 18.9. The molecule has 4 rings (SSSR count). The van der Waals surface area contributed by atoms with Crippen molar-refractivity contribution < 1.29 is 18.0 Å². The summed E-state index contributed by atoms with van der Waals surface area (Å²) in [5.41, 5.74) is -0.184. The van der Waals surface area contributed by atoms with Crippen molar-refractivity contribution in [2.45, 2.75) is 32.0 Å². The van der Waals surface area contributed by atoms with Gasteiger partial charge in [0.1, 0.15) is 5.82 Å². The number of halogens is 4. The fourth-order valence-corrected chi connectivity index (χ4v) is 4.12. The Balaban J connectivity index is 1.55. The molecule has 1 saturated heterocycles. The highest BCUT2D eigenvalue weighted by Crippen LogP contribution is 2.29. The fraction of sp³-hybridized carbons (Fsp3) is 0.381. The van der Waals surface area contributed by atoms with Crippen LogP contribution in [0.15, 0.2) is 42.7 Å². The Labute approximate surface area is 192 Å². The number of alkyl halides is 3. The highest BCUT2D eigenvalue weighted by atomic mass is 35.5. The van der Waals surface area contributed by atoms with Crippen LogP contribution in [0.5, 0.6) is 0 Å². The average molecular weight is 480 g/mol. The molecule has 1 aromatic carbocycles. The average Bonchev–Trinajstić information content (AvgIpc) is 3.32. The van der Waals surface area contributed by atoms with E-state index in [2.05, 4.69) is 25.7 Å². The maximum atomic E-state index is 13.6. The molecule has 1 fully saturated rings. The Kier molecular flexibility index (Phi) is 6.50. The van der Waals surface area contributed by atoms with Gasteiger partial charge in [-0.1, -0.05) is 18.5 Å². The second-order valence-electron chi connectivity index (χ2n) is 7.85. The van der Waals surface area contributed by atoms with Crippen LogP contribution >= 0.6 is 11.6 Å². The topological polar surface area (TPSA) is 88.8 Å². The van der Waals surface area contributed by atoms with Crippen LogP contribution in [-0.4, -0.2) is 55.1 Å². The molecule has 33 heavy (non-hydrogen) atoms. The lowest BCUT2D eigenvalue weighted by molar-refractivity contribution is -0.141. The van der Waals surface area contributed by atoms with Crippen LogP contribution < -0.4 is 5.32 Å². The zero-order chi connectivity index (χ0) is 23.6. The number of aromatic nitrogens is 5. The van der Waals surface area contributed by atoms with Gasteiger partial charge in [-0.05, 0) is 49.1 Å².